The standard InChI is InChI=1S/C18H22N6O4S/c1-29(27,28)22-10-8-21(9-11-22)16-6-7-17(20-19-16)23-12-13-24(18(25)26)15-5-3-2-4-14(15)23/h2-7H,8-13H2,1H3,(H,25,26). The van der Waals surface area contributed by atoms with E-state index in [0.29, 0.717) is 56.6 Å². The van der Waals surface area contributed by atoms with Crippen molar-refractivity contribution in [2.24, 2.45) is 0 Å². The lowest BCUT2D eigenvalue weighted by molar-refractivity contribution is 0.201. The van der Waals surface area contributed by atoms with Gasteiger partial charge in [0.15, 0.2) is 11.6 Å². The molecule has 4 rings (SSSR count). The Balaban J connectivity index is 1.52. The maximum atomic E-state index is 11.6. The lowest BCUT2D eigenvalue weighted by Crippen LogP contribution is -2.48. The second kappa shape index (κ2) is 7.48. The van der Waals surface area contributed by atoms with Gasteiger partial charge < -0.3 is 14.9 Å². The molecule has 1 aromatic carbocycles. The summed E-state index contributed by atoms with van der Waals surface area (Å²) >= 11 is 0. The second-order valence-corrected chi connectivity index (χ2v) is 8.96. The van der Waals surface area contributed by atoms with Crippen molar-refractivity contribution in [2.45, 2.75) is 0 Å². The van der Waals surface area contributed by atoms with Crippen LogP contribution in [0.2, 0.25) is 0 Å². The number of hydrogen-bond acceptors (Lipinski definition) is 7. The highest BCUT2D eigenvalue weighted by atomic mass is 32.2. The monoisotopic (exact) mass is 418 g/mol. The maximum absolute atomic E-state index is 11.6. The molecule has 0 aliphatic carbocycles. The molecule has 2 aliphatic rings. The molecular formula is C18H22N6O4S. The quantitative estimate of drug-likeness (QED) is 0.792. The van der Waals surface area contributed by atoms with E-state index < -0.39 is 16.1 Å². The molecule has 2 aromatic rings. The van der Waals surface area contributed by atoms with Gasteiger partial charge in [-0.3, -0.25) is 4.90 Å². The second-order valence-electron chi connectivity index (χ2n) is 6.97. The van der Waals surface area contributed by atoms with Crippen LogP contribution < -0.4 is 14.7 Å². The van der Waals surface area contributed by atoms with Crippen LogP contribution in [0, 0.1) is 0 Å². The van der Waals surface area contributed by atoms with Crippen molar-refractivity contribution in [1.29, 1.82) is 0 Å². The largest absolute Gasteiger partial charge is 0.465 e. The molecule has 0 spiro atoms. The number of sulfonamides is 1. The normalized spacial score (nSPS) is 17.9. The first kappa shape index (κ1) is 19.4. The van der Waals surface area contributed by atoms with Crippen LogP contribution in [0.15, 0.2) is 36.4 Å². The molecule has 1 aromatic heterocycles. The Morgan fingerprint density at radius 1 is 0.897 bits per heavy atom. The number of carboxylic acid groups (broad SMARTS) is 1. The number of aromatic nitrogens is 2. The predicted molar refractivity (Wildman–Crippen MR) is 109 cm³/mol. The molecular weight excluding hydrogens is 396 g/mol. The molecule has 1 saturated heterocycles. The van der Waals surface area contributed by atoms with Crippen LogP contribution in [0.4, 0.5) is 27.8 Å². The number of fused-ring (bicyclic) bond motifs is 1. The molecule has 0 saturated carbocycles. The first-order valence-electron chi connectivity index (χ1n) is 9.25. The van der Waals surface area contributed by atoms with Gasteiger partial charge in [0, 0.05) is 39.3 Å². The molecule has 11 heteroatoms. The summed E-state index contributed by atoms with van der Waals surface area (Å²) in [7, 11) is -3.17. The third-order valence-corrected chi connectivity index (χ3v) is 6.49. The fraction of sp³-hybridized carbons (Fsp3) is 0.389. The van der Waals surface area contributed by atoms with Gasteiger partial charge in [-0.05, 0) is 24.3 Å². The summed E-state index contributed by atoms with van der Waals surface area (Å²) in [5.41, 5.74) is 1.39. The van der Waals surface area contributed by atoms with Crippen LogP contribution in [0.5, 0.6) is 0 Å². The number of para-hydroxylation sites is 2. The van der Waals surface area contributed by atoms with Crippen LogP contribution in [-0.2, 0) is 10.0 Å². The molecule has 0 unspecified atom stereocenters. The Morgan fingerprint density at radius 3 is 2.10 bits per heavy atom. The van der Waals surface area contributed by atoms with E-state index in [1.807, 2.05) is 40.1 Å². The van der Waals surface area contributed by atoms with Gasteiger partial charge in [-0.2, -0.15) is 4.31 Å². The van der Waals surface area contributed by atoms with Crippen molar-refractivity contribution in [3.8, 4) is 0 Å². The Hall–Kier alpha value is -2.92. The molecule has 1 amide bonds. The minimum atomic E-state index is -3.17. The van der Waals surface area contributed by atoms with Crippen molar-refractivity contribution in [1.82, 2.24) is 14.5 Å². The molecule has 0 radical (unpaired) electrons. The first-order valence-corrected chi connectivity index (χ1v) is 11.1. The van der Waals surface area contributed by atoms with E-state index in [9.17, 15) is 18.3 Å². The molecule has 154 valence electrons. The fourth-order valence-corrected chi connectivity index (χ4v) is 4.50. The summed E-state index contributed by atoms with van der Waals surface area (Å²) in [6.45, 7) is 2.77. The highest BCUT2D eigenvalue weighted by molar-refractivity contribution is 7.88. The molecule has 0 bridgehead atoms. The summed E-state index contributed by atoms with van der Waals surface area (Å²) in [5.74, 6) is 1.33. The van der Waals surface area contributed by atoms with Crippen LogP contribution in [0.25, 0.3) is 0 Å². The van der Waals surface area contributed by atoms with E-state index in [4.69, 9.17) is 0 Å². The van der Waals surface area contributed by atoms with Crippen LogP contribution in [0.3, 0.4) is 0 Å². The van der Waals surface area contributed by atoms with Gasteiger partial charge in [-0.25, -0.2) is 13.2 Å². The lowest BCUT2D eigenvalue weighted by atomic mass is 10.1. The SMILES string of the molecule is CS(=O)(=O)N1CCN(c2ccc(N3CCN(C(=O)O)c4ccccc43)nn2)CC1. The van der Waals surface area contributed by atoms with Gasteiger partial charge in [0.25, 0.3) is 0 Å². The average molecular weight is 418 g/mol. The van der Waals surface area contributed by atoms with Gasteiger partial charge >= 0.3 is 6.09 Å². The van der Waals surface area contributed by atoms with Gasteiger partial charge in [0.05, 0.1) is 17.6 Å². The summed E-state index contributed by atoms with van der Waals surface area (Å²) < 4.78 is 24.8. The number of amides is 1. The van der Waals surface area contributed by atoms with Crippen LogP contribution in [-0.4, -0.2) is 79.6 Å². The van der Waals surface area contributed by atoms with Gasteiger partial charge in [0.1, 0.15) is 0 Å². The number of nitrogens with zero attached hydrogens (tertiary/aromatic N) is 6. The third kappa shape index (κ3) is 3.83. The molecule has 10 nitrogen and oxygen atoms in total. The Morgan fingerprint density at radius 2 is 1.52 bits per heavy atom. The molecule has 29 heavy (non-hydrogen) atoms. The number of carbonyl (C=O) groups is 1. The van der Waals surface area contributed by atoms with E-state index in [-0.39, 0.29) is 0 Å². The van der Waals surface area contributed by atoms with E-state index >= 15 is 0 Å². The number of benzene rings is 1. The fourth-order valence-electron chi connectivity index (χ4n) is 3.68. The minimum Gasteiger partial charge on any atom is -0.465 e. The highest BCUT2D eigenvalue weighted by Gasteiger charge is 2.28. The number of hydrogen-bond donors (Lipinski definition) is 1. The number of rotatable bonds is 3. The number of piperazine rings is 1. The molecule has 3 heterocycles. The molecule has 1 N–H and O–H groups in total. The van der Waals surface area contributed by atoms with E-state index in [1.54, 1.807) is 6.07 Å². The molecule has 1 fully saturated rings. The predicted octanol–water partition coefficient (Wildman–Crippen LogP) is 1.19. The first-order chi connectivity index (χ1) is 13.8. The van der Waals surface area contributed by atoms with E-state index in [2.05, 4.69) is 10.2 Å². The zero-order valence-electron chi connectivity index (χ0n) is 16.0. The molecule has 0 atom stereocenters. The van der Waals surface area contributed by atoms with E-state index in [0.717, 1.165) is 5.69 Å². The highest BCUT2D eigenvalue weighted by Crippen LogP contribution is 2.36. The van der Waals surface area contributed by atoms with Crippen LogP contribution >= 0.6 is 0 Å². The van der Waals surface area contributed by atoms with Gasteiger partial charge in [-0.15, -0.1) is 10.2 Å². The van der Waals surface area contributed by atoms with Crippen molar-refractivity contribution in [3.63, 3.8) is 0 Å². The van der Waals surface area contributed by atoms with Crippen molar-refractivity contribution in [2.75, 3.05) is 60.2 Å². The summed E-state index contributed by atoms with van der Waals surface area (Å²) in [6.07, 6.45) is 0.242. The third-order valence-electron chi connectivity index (χ3n) is 5.19. The smallest absolute Gasteiger partial charge is 0.411 e. The van der Waals surface area contributed by atoms with Gasteiger partial charge in [-0.1, -0.05) is 12.1 Å². The summed E-state index contributed by atoms with van der Waals surface area (Å²) in [5, 5.41) is 18.1. The lowest BCUT2D eigenvalue weighted by Gasteiger charge is -2.36. The van der Waals surface area contributed by atoms with E-state index in [1.165, 1.54) is 15.5 Å². The molecule has 2 aliphatic heterocycles. The zero-order chi connectivity index (χ0) is 20.6. The topological polar surface area (TPSA) is 110 Å². The summed E-state index contributed by atoms with van der Waals surface area (Å²) in [6, 6.07) is 11.0. The zero-order valence-corrected chi connectivity index (χ0v) is 16.8. The number of anilines is 4. The average Bonchev–Trinajstić information content (AvgIpc) is 2.72. The maximum Gasteiger partial charge on any atom is 0.411 e. The summed E-state index contributed by atoms with van der Waals surface area (Å²) in [4.78, 5) is 16.8. The van der Waals surface area contributed by atoms with Gasteiger partial charge in [0.2, 0.25) is 10.0 Å². The van der Waals surface area contributed by atoms with Crippen molar-refractivity contribution < 1.29 is 18.3 Å². The Labute approximate surface area is 169 Å². The van der Waals surface area contributed by atoms with Crippen LogP contribution in [0.1, 0.15) is 0 Å². The van der Waals surface area contributed by atoms with Crippen molar-refractivity contribution in [3.05, 3.63) is 36.4 Å². The minimum absolute atomic E-state index is 0.337. The Kier molecular flexibility index (Phi) is 5.01. The Bertz CT molecular complexity index is 1010. The van der Waals surface area contributed by atoms with Crippen molar-refractivity contribution >= 4 is 39.1 Å².